The van der Waals surface area contributed by atoms with E-state index in [9.17, 15) is 0 Å². The number of hydrogen-bond acceptors (Lipinski definition) is 0. The topological polar surface area (TPSA) is 85.5 Å². The first-order chi connectivity index (χ1) is 0. The van der Waals surface area contributed by atoms with Gasteiger partial charge in [0.15, 0.2) is 0 Å². The zero-order valence-electron chi connectivity index (χ0n) is 2.22. The third-order valence-corrected chi connectivity index (χ3v) is 0. The van der Waals surface area contributed by atoms with Crippen molar-refractivity contribution < 1.29 is 42.3 Å². The molecule has 0 aromatic heterocycles. The molecule has 0 atom stereocenters. The van der Waals surface area contributed by atoms with Gasteiger partial charge in [-0.15, -0.1) is 0 Å². The molecule has 0 spiro atoms. The molecule has 0 rings (SSSR count). The summed E-state index contributed by atoms with van der Waals surface area (Å²) in [5.74, 6) is 0. The largest absolute Gasteiger partial charge is 4.00 e. The maximum atomic E-state index is 0. The fourth-order valence-corrected chi connectivity index (χ4v) is 0. The zero-order chi connectivity index (χ0) is 0. The van der Waals surface area contributed by atoms with E-state index in [-0.39, 0.29) is 69.6 Å². The van der Waals surface area contributed by atoms with Crippen molar-refractivity contribution >= 4 is 27.3 Å². The molecule has 5 heteroatoms. The van der Waals surface area contributed by atoms with Gasteiger partial charge >= 0.3 is 53.1 Å². The Morgan fingerprint density at radius 1 is 0.600 bits per heavy atom. The van der Waals surface area contributed by atoms with E-state index in [1.165, 1.54) is 0 Å². The van der Waals surface area contributed by atoms with Gasteiger partial charge in [0.1, 0.15) is 0 Å². The Kier molecular flexibility index (Phi) is 680. The van der Waals surface area contributed by atoms with Gasteiger partial charge in [-0.1, -0.05) is 0 Å². The van der Waals surface area contributed by atoms with Crippen LogP contribution in [0.4, 0.5) is 0 Å². The molecule has 0 aromatic rings. The van der Waals surface area contributed by atoms with Crippen molar-refractivity contribution in [3.8, 4) is 0 Å². The smallest absolute Gasteiger partial charge is 2.00 e. The molecule has 0 amide bonds. The summed E-state index contributed by atoms with van der Waals surface area (Å²) >= 11 is 0. The second-order valence-electron chi connectivity index (χ2n) is 0. The van der Waals surface area contributed by atoms with E-state index in [1.807, 2.05) is 0 Å². The Hall–Kier alpha value is 1.67. The first kappa shape index (κ1) is 76.8. The Morgan fingerprint density at radius 3 is 0.600 bits per heavy atom. The van der Waals surface area contributed by atoms with E-state index in [1.54, 1.807) is 0 Å². The van der Waals surface area contributed by atoms with Gasteiger partial charge in [-0.2, -0.15) is 0 Å². The van der Waals surface area contributed by atoms with Crippen LogP contribution >= 0.6 is 0 Å². The molecule has 0 aliphatic carbocycles. The van der Waals surface area contributed by atoms with Gasteiger partial charge in [0.05, 0.1) is 0 Å². The molecule has 0 saturated heterocycles. The first-order valence-corrected chi connectivity index (χ1v) is 0. The average molecular weight is 434 g/mol. The summed E-state index contributed by atoms with van der Waals surface area (Å²) in [4.78, 5) is 0. The summed E-state index contributed by atoms with van der Waals surface area (Å²) in [5.41, 5.74) is 0. The summed E-state index contributed by atoms with van der Waals surface area (Å²) in [6.07, 6.45) is 0. The summed E-state index contributed by atoms with van der Waals surface area (Å²) in [6.45, 7) is 0. The molecular formula is HfO3Pb. The van der Waals surface area contributed by atoms with Crippen molar-refractivity contribution in [1.29, 1.82) is 0 Å². The van der Waals surface area contributed by atoms with Crippen LogP contribution in [0, 0.1) is 0 Å². The van der Waals surface area contributed by atoms with E-state index < -0.39 is 0 Å². The fraction of sp³-hybridized carbons (Fsp3) is 0. The normalized spacial score (nSPS) is 0. The molecule has 0 saturated carbocycles. The molecule has 3 nitrogen and oxygen atoms in total. The Bertz CT molecular complexity index is 6.85. The number of rotatable bonds is 0. The monoisotopic (exact) mass is 436 g/mol. The van der Waals surface area contributed by atoms with Gasteiger partial charge in [-0.3, -0.25) is 0 Å². The van der Waals surface area contributed by atoms with Gasteiger partial charge in [0, 0.05) is 0 Å². The second-order valence-corrected chi connectivity index (χ2v) is 0. The van der Waals surface area contributed by atoms with Crippen LogP contribution in [0.5, 0.6) is 0 Å². The van der Waals surface area contributed by atoms with Crippen LogP contribution in [0.2, 0.25) is 0 Å². The molecule has 0 fully saturated rings. The summed E-state index contributed by atoms with van der Waals surface area (Å²) in [6, 6.07) is 0. The Labute approximate surface area is 69.0 Å². The Morgan fingerprint density at radius 2 is 0.600 bits per heavy atom. The van der Waals surface area contributed by atoms with Crippen molar-refractivity contribution in [3.63, 3.8) is 0 Å². The van der Waals surface area contributed by atoms with E-state index in [0.717, 1.165) is 0 Å². The van der Waals surface area contributed by atoms with Gasteiger partial charge < -0.3 is 16.4 Å². The van der Waals surface area contributed by atoms with Crippen LogP contribution in [0.3, 0.4) is 0 Å². The molecule has 0 heterocycles. The van der Waals surface area contributed by atoms with Crippen LogP contribution in [-0.4, -0.2) is 27.3 Å². The minimum atomic E-state index is 0. The summed E-state index contributed by atoms with van der Waals surface area (Å²) < 4.78 is 0. The van der Waals surface area contributed by atoms with Crippen molar-refractivity contribution in [2.75, 3.05) is 0 Å². The predicted molar refractivity (Wildman–Crippen MR) is 7.81 cm³/mol. The van der Waals surface area contributed by atoms with Gasteiger partial charge in [0.25, 0.3) is 0 Å². The molecule has 0 aromatic carbocycles. The minimum Gasteiger partial charge on any atom is -2.00 e. The van der Waals surface area contributed by atoms with Crippen LogP contribution in [0.15, 0.2) is 0 Å². The van der Waals surface area contributed by atoms with E-state index >= 15 is 0 Å². The van der Waals surface area contributed by atoms with E-state index in [4.69, 9.17) is 0 Å². The Balaban J connectivity index is 0. The third-order valence-electron chi connectivity index (χ3n) is 0. The SMILES string of the molecule is [Hf+4].[O-2].[O-2].[O-2].[Pb+2]. The summed E-state index contributed by atoms with van der Waals surface area (Å²) in [7, 11) is 0. The molecule has 2 radical (unpaired) electrons. The van der Waals surface area contributed by atoms with Gasteiger partial charge in [0.2, 0.25) is 0 Å². The van der Waals surface area contributed by atoms with E-state index in [2.05, 4.69) is 0 Å². The number of hydrogen-bond donors (Lipinski definition) is 0. The minimum absolute atomic E-state index is 0. The van der Waals surface area contributed by atoms with Crippen molar-refractivity contribution in [2.45, 2.75) is 0 Å². The quantitative estimate of drug-likeness (QED) is 0.451. The first-order valence-electron chi connectivity index (χ1n) is 0. The molecule has 0 N–H and O–H groups in total. The molecular weight excluding hydrogens is 434 g/mol. The second kappa shape index (κ2) is 44.3. The maximum Gasteiger partial charge on any atom is 4.00 e. The molecule has 0 unspecified atom stereocenters. The zero-order valence-corrected chi connectivity index (χ0v) is 9.70. The van der Waals surface area contributed by atoms with Crippen LogP contribution < -0.4 is 0 Å². The standard InChI is InChI=1S/Hf.3O.Pb/q+4;3*-2;+2. The molecule has 5 heavy (non-hydrogen) atoms. The molecule has 26 valence electrons. The molecule has 0 aliphatic rings. The maximum absolute atomic E-state index is 0. The van der Waals surface area contributed by atoms with Crippen LogP contribution in [0.1, 0.15) is 0 Å². The van der Waals surface area contributed by atoms with Gasteiger partial charge in [-0.05, 0) is 0 Å². The van der Waals surface area contributed by atoms with Crippen molar-refractivity contribution in [1.82, 2.24) is 0 Å². The van der Waals surface area contributed by atoms with Crippen molar-refractivity contribution in [3.05, 3.63) is 0 Å². The summed E-state index contributed by atoms with van der Waals surface area (Å²) in [5, 5.41) is 0. The van der Waals surface area contributed by atoms with Gasteiger partial charge in [-0.25, -0.2) is 0 Å². The molecule has 0 aliphatic heterocycles. The van der Waals surface area contributed by atoms with Crippen LogP contribution in [0.25, 0.3) is 0 Å². The average Bonchev–Trinajstić information content (AvgIpc) is 0. The third kappa shape index (κ3) is 27.4. The van der Waals surface area contributed by atoms with E-state index in [0.29, 0.717) is 0 Å². The van der Waals surface area contributed by atoms with Crippen molar-refractivity contribution in [2.24, 2.45) is 0 Å². The predicted octanol–water partition coefficient (Wildman–Crippen LogP) is -0.740. The fourth-order valence-electron chi connectivity index (χ4n) is 0. The molecule has 0 bridgehead atoms. The van der Waals surface area contributed by atoms with Crippen LogP contribution in [-0.2, 0) is 42.3 Å².